The molecule has 2 aromatic rings. The van der Waals surface area contributed by atoms with Crippen molar-refractivity contribution in [1.82, 2.24) is 5.32 Å². The number of hydrogen-bond acceptors (Lipinski definition) is 4. The number of ether oxygens (including phenoxy) is 1. The van der Waals surface area contributed by atoms with Gasteiger partial charge in [-0.15, -0.1) is 0 Å². The Bertz CT molecular complexity index is 723. The summed E-state index contributed by atoms with van der Waals surface area (Å²) in [5.74, 6) is 0.873. The number of hydrogen-bond donors (Lipinski definition) is 1. The Balaban J connectivity index is 2.01. The van der Waals surface area contributed by atoms with Gasteiger partial charge < -0.3 is 14.5 Å². The first-order valence-corrected chi connectivity index (χ1v) is 6.99. The molecule has 1 N–H and O–H groups in total. The maximum atomic E-state index is 12.0. The smallest absolute Gasteiger partial charge is 0.262 e. The number of benzene rings is 1. The third-order valence-electron chi connectivity index (χ3n) is 2.93. The zero-order chi connectivity index (χ0) is 16.5. The summed E-state index contributed by atoms with van der Waals surface area (Å²) in [5, 5.41) is 11.8. The average molecular weight is 308 g/mol. The van der Waals surface area contributed by atoms with Crippen molar-refractivity contribution in [3.05, 3.63) is 72.2 Å². The summed E-state index contributed by atoms with van der Waals surface area (Å²) >= 11 is 0. The Kier molecular flexibility index (Phi) is 5.78. The van der Waals surface area contributed by atoms with E-state index in [-0.39, 0.29) is 12.1 Å². The van der Waals surface area contributed by atoms with Crippen LogP contribution < -0.4 is 10.1 Å². The lowest BCUT2D eigenvalue weighted by Gasteiger charge is -2.04. The molecule has 0 saturated heterocycles. The van der Waals surface area contributed by atoms with E-state index < -0.39 is 5.91 Å². The molecule has 116 valence electrons. The summed E-state index contributed by atoms with van der Waals surface area (Å²) in [5.41, 5.74) is 0.761. The van der Waals surface area contributed by atoms with Crippen LogP contribution in [0.1, 0.15) is 11.3 Å². The Hall–Kier alpha value is -3.26. The van der Waals surface area contributed by atoms with Gasteiger partial charge in [-0.05, 0) is 35.9 Å². The fourth-order valence-corrected chi connectivity index (χ4v) is 1.81. The molecule has 1 aromatic heterocycles. The summed E-state index contributed by atoms with van der Waals surface area (Å²) in [4.78, 5) is 12.0. The quantitative estimate of drug-likeness (QED) is 0.484. The lowest BCUT2D eigenvalue weighted by atomic mass is 10.1. The predicted octanol–water partition coefficient (Wildman–Crippen LogP) is 3.07. The molecule has 5 nitrogen and oxygen atoms in total. The first-order valence-electron chi connectivity index (χ1n) is 6.99. The van der Waals surface area contributed by atoms with Crippen LogP contribution in [0.25, 0.3) is 6.08 Å². The van der Waals surface area contributed by atoms with Gasteiger partial charge in [-0.1, -0.05) is 24.8 Å². The van der Waals surface area contributed by atoms with Crippen LogP contribution in [0.4, 0.5) is 0 Å². The monoisotopic (exact) mass is 308 g/mol. The Morgan fingerprint density at radius 1 is 1.35 bits per heavy atom. The molecule has 2 rings (SSSR count). The maximum Gasteiger partial charge on any atom is 0.262 e. The van der Waals surface area contributed by atoms with Gasteiger partial charge >= 0.3 is 0 Å². The highest BCUT2D eigenvalue weighted by atomic mass is 16.5. The van der Waals surface area contributed by atoms with Crippen molar-refractivity contribution < 1.29 is 13.9 Å². The SMILES string of the molecule is C=CCOc1ccc(C=C(C#N)C(=O)NCc2ccco2)cc1. The molecule has 0 atom stereocenters. The number of furan rings is 1. The molecule has 0 aliphatic heterocycles. The van der Waals surface area contributed by atoms with Crippen LogP contribution in [0.2, 0.25) is 0 Å². The van der Waals surface area contributed by atoms with E-state index >= 15 is 0 Å². The summed E-state index contributed by atoms with van der Waals surface area (Å²) in [6.07, 6.45) is 4.71. The number of nitrogens with one attached hydrogen (secondary N) is 1. The summed E-state index contributed by atoms with van der Waals surface area (Å²) in [6.45, 7) is 4.24. The number of amides is 1. The van der Waals surface area contributed by atoms with E-state index in [4.69, 9.17) is 14.4 Å². The van der Waals surface area contributed by atoms with Crippen molar-refractivity contribution in [2.24, 2.45) is 0 Å². The first-order chi connectivity index (χ1) is 11.2. The highest BCUT2D eigenvalue weighted by Gasteiger charge is 2.09. The zero-order valence-corrected chi connectivity index (χ0v) is 12.5. The van der Waals surface area contributed by atoms with Crippen molar-refractivity contribution in [3.8, 4) is 11.8 Å². The van der Waals surface area contributed by atoms with Crippen LogP contribution in [0.15, 0.2) is 65.3 Å². The molecule has 1 heterocycles. The molecule has 0 unspecified atom stereocenters. The molecule has 5 heteroatoms. The van der Waals surface area contributed by atoms with Crippen LogP contribution >= 0.6 is 0 Å². The second kappa shape index (κ2) is 8.25. The molecule has 23 heavy (non-hydrogen) atoms. The number of carbonyl (C=O) groups excluding carboxylic acids is 1. The van der Waals surface area contributed by atoms with Gasteiger partial charge in [0.05, 0.1) is 12.8 Å². The van der Waals surface area contributed by atoms with E-state index in [1.807, 2.05) is 6.07 Å². The number of nitrogens with zero attached hydrogens (tertiary/aromatic N) is 1. The van der Waals surface area contributed by atoms with Gasteiger partial charge in [0.25, 0.3) is 5.91 Å². The minimum atomic E-state index is -0.448. The molecule has 1 amide bonds. The molecular weight excluding hydrogens is 292 g/mol. The fourth-order valence-electron chi connectivity index (χ4n) is 1.81. The van der Waals surface area contributed by atoms with Crippen LogP contribution in [-0.2, 0) is 11.3 Å². The van der Waals surface area contributed by atoms with Crippen molar-refractivity contribution in [1.29, 1.82) is 5.26 Å². The van der Waals surface area contributed by atoms with Crippen LogP contribution in [0.5, 0.6) is 5.75 Å². The van der Waals surface area contributed by atoms with Gasteiger partial charge in [0.1, 0.15) is 29.8 Å². The number of carbonyl (C=O) groups is 1. The Labute approximate surface area is 134 Å². The van der Waals surface area contributed by atoms with Gasteiger partial charge in [0.2, 0.25) is 0 Å². The second-order valence-electron chi connectivity index (χ2n) is 4.60. The van der Waals surface area contributed by atoms with E-state index in [2.05, 4.69) is 11.9 Å². The average Bonchev–Trinajstić information content (AvgIpc) is 3.10. The minimum absolute atomic E-state index is 0.0244. The fraction of sp³-hybridized carbons (Fsp3) is 0.111. The summed E-state index contributed by atoms with van der Waals surface area (Å²) in [6, 6.07) is 12.5. The molecule has 0 spiro atoms. The van der Waals surface area contributed by atoms with Crippen molar-refractivity contribution in [2.45, 2.75) is 6.54 Å². The highest BCUT2D eigenvalue weighted by molar-refractivity contribution is 6.01. The topological polar surface area (TPSA) is 75.3 Å². The van der Waals surface area contributed by atoms with Gasteiger partial charge in [0.15, 0.2) is 0 Å². The lowest BCUT2D eigenvalue weighted by Crippen LogP contribution is -2.23. The van der Waals surface area contributed by atoms with Gasteiger partial charge in [-0.25, -0.2) is 0 Å². The van der Waals surface area contributed by atoms with E-state index in [9.17, 15) is 4.79 Å². The predicted molar refractivity (Wildman–Crippen MR) is 86.3 cm³/mol. The second-order valence-corrected chi connectivity index (χ2v) is 4.60. The van der Waals surface area contributed by atoms with Crippen molar-refractivity contribution in [3.63, 3.8) is 0 Å². The molecule has 0 aliphatic rings. The van der Waals surface area contributed by atoms with Gasteiger partial charge in [-0.3, -0.25) is 4.79 Å². The van der Waals surface area contributed by atoms with Gasteiger partial charge in [0, 0.05) is 0 Å². The lowest BCUT2D eigenvalue weighted by molar-refractivity contribution is -0.117. The summed E-state index contributed by atoms with van der Waals surface area (Å²) < 4.78 is 10.5. The van der Waals surface area contributed by atoms with E-state index in [0.29, 0.717) is 18.1 Å². The minimum Gasteiger partial charge on any atom is -0.490 e. The Morgan fingerprint density at radius 3 is 2.74 bits per heavy atom. The van der Waals surface area contributed by atoms with Crippen LogP contribution in [0, 0.1) is 11.3 Å². The van der Waals surface area contributed by atoms with E-state index in [1.165, 1.54) is 12.3 Å². The van der Waals surface area contributed by atoms with Crippen molar-refractivity contribution >= 4 is 12.0 Å². The van der Waals surface area contributed by atoms with Gasteiger partial charge in [-0.2, -0.15) is 5.26 Å². The Morgan fingerprint density at radius 2 is 2.13 bits per heavy atom. The van der Waals surface area contributed by atoms with E-state index in [1.54, 1.807) is 42.5 Å². The third-order valence-corrected chi connectivity index (χ3v) is 2.93. The van der Waals surface area contributed by atoms with Crippen LogP contribution in [-0.4, -0.2) is 12.5 Å². The largest absolute Gasteiger partial charge is 0.490 e. The third kappa shape index (κ3) is 4.90. The highest BCUT2D eigenvalue weighted by Crippen LogP contribution is 2.14. The standard InChI is InChI=1S/C18H16N2O3/c1-2-9-22-16-7-5-14(6-8-16)11-15(12-19)18(21)20-13-17-4-3-10-23-17/h2-8,10-11H,1,9,13H2,(H,20,21). The van der Waals surface area contributed by atoms with E-state index in [0.717, 1.165) is 5.56 Å². The molecule has 1 aromatic carbocycles. The van der Waals surface area contributed by atoms with Crippen molar-refractivity contribution in [2.75, 3.05) is 6.61 Å². The first kappa shape index (κ1) is 16.1. The molecule has 0 fully saturated rings. The molecule has 0 radical (unpaired) electrons. The number of rotatable bonds is 7. The number of nitriles is 1. The normalized spacial score (nSPS) is 10.7. The maximum absolute atomic E-state index is 12.0. The zero-order valence-electron chi connectivity index (χ0n) is 12.5. The summed E-state index contributed by atoms with van der Waals surface area (Å²) in [7, 11) is 0. The molecule has 0 saturated carbocycles. The molecular formula is C18H16N2O3. The molecule has 0 bridgehead atoms. The molecule has 0 aliphatic carbocycles. The van der Waals surface area contributed by atoms with Crippen LogP contribution in [0.3, 0.4) is 0 Å².